The van der Waals surface area contributed by atoms with E-state index in [1.807, 2.05) is 0 Å². The number of hydrogen-bond acceptors (Lipinski definition) is 4. The van der Waals surface area contributed by atoms with Crippen LogP contribution in [0.25, 0.3) is 0 Å². The summed E-state index contributed by atoms with van der Waals surface area (Å²) in [5, 5.41) is 2.56. The minimum atomic E-state index is -3.91. The van der Waals surface area contributed by atoms with Crippen molar-refractivity contribution in [3.63, 3.8) is 0 Å². The fourth-order valence-electron chi connectivity index (χ4n) is 1.88. The third kappa shape index (κ3) is 5.47. The molecule has 2 rings (SSSR count). The Morgan fingerprint density at radius 1 is 1.23 bits per heavy atom. The van der Waals surface area contributed by atoms with Crippen LogP contribution in [-0.2, 0) is 14.8 Å². The van der Waals surface area contributed by atoms with Crippen LogP contribution in [0.1, 0.15) is 0 Å². The SMILES string of the molecule is C=CCNC(=O)COc1ccc(S(=O)(=O)Nc2ccc(F)cc2)cc1Cl. The summed E-state index contributed by atoms with van der Waals surface area (Å²) in [7, 11) is -3.91. The van der Waals surface area contributed by atoms with Gasteiger partial charge in [0.2, 0.25) is 0 Å². The Labute approximate surface area is 155 Å². The van der Waals surface area contributed by atoms with Gasteiger partial charge in [-0.25, -0.2) is 12.8 Å². The van der Waals surface area contributed by atoms with E-state index in [1.165, 1.54) is 36.4 Å². The second-order valence-corrected chi connectivity index (χ2v) is 7.18. The minimum absolute atomic E-state index is 0.0310. The summed E-state index contributed by atoms with van der Waals surface area (Å²) in [5.41, 5.74) is 0.210. The summed E-state index contributed by atoms with van der Waals surface area (Å²) in [4.78, 5) is 11.4. The molecule has 2 aromatic rings. The lowest BCUT2D eigenvalue weighted by Gasteiger charge is -2.11. The second-order valence-electron chi connectivity index (χ2n) is 5.09. The van der Waals surface area contributed by atoms with Crippen LogP contribution in [0, 0.1) is 5.82 Å². The first-order valence-electron chi connectivity index (χ1n) is 7.40. The Kier molecular flexibility index (Phi) is 6.59. The molecule has 0 spiro atoms. The highest BCUT2D eigenvalue weighted by Gasteiger charge is 2.17. The molecule has 6 nitrogen and oxygen atoms in total. The number of rotatable bonds is 8. The molecule has 0 bridgehead atoms. The normalized spacial score (nSPS) is 10.8. The van der Waals surface area contributed by atoms with Crippen molar-refractivity contribution in [2.45, 2.75) is 4.90 Å². The lowest BCUT2D eigenvalue weighted by Crippen LogP contribution is -2.28. The van der Waals surface area contributed by atoms with Crippen LogP contribution in [-0.4, -0.2) is 27.5 Å². The fourth-order valence-corrected chi connectivity index (χ4v) is 3.26. The molecule has 2 N–H and O–H groups in total. The Morgan fingerprint density at radius 2 is 1.92 bits per heavy atom. The highest BCUT2D eigenvalue weighted by atomic mass is 35.5. The number of ether oxygens (including phenoxy) is 1. The monoisotopic (exact) mass is 398 g/mol. The van der Waals surface area contributed by atoms with E-state index in [9.17, 15) is 17.6 Å². The number of benzene rings is 2. The molecule has 0 aliphatic rings. The molecule has 138 valence electrons. The summed E-state index contributed by atoms with van der Waals surface area (Å²) in [6.45, 7) is 3.51. The van der Waals surface area contributed by atoms with Gasteiger partial charge < -0.3 is 10.1 Å². The average Bonchev–Trinajstić information content (AvgIpc) is 2.60. The van der Waals surface area contributed by atoms with Crippen molar-refractivity contribution in [3.8, 4) is 5.75 Å². The van der Waals surface area contributed by atoms with Crippen LogP contribution >= 0.6 is 11.6 Å². The zero-order chi connectivity index (χ0) is 19.2. The van der Waals surface area contributed by atoms with Crippen LogP contribution in [0.5, 0.6) is 5.75 Å². The molecule has 2 aromatic carbocycles. The summed E-state index contributed by atoms with van der Waals surface area (Å²) in [5.74, 6) is -0.675. The second kappa shape index (κ2) is 8.68. The standard InChI is InChI=1S/C17H16ClFN2O4S/c1-2-9-20-17(22)11-25-16-8-7-14(10-15(16)18)26(23,24)21-13-5-3-12(19)4-6-13/h2-8,10,21H,1,9,11H2,(H,20,22). The zero-order valence-electron chi connectivity index (χ0n) is 13.5. The van der Waals surface area contributed by atoms with Crippen LogP contribution in [0.3, 0.4) is 0 Å². The molecule has 0 atom stereocenters. The molecule has 0 aromatic heterocycles. The number of nitrogens with one attached hydrogen (secondary N) is 2. The Morgan fingerprint density at radius 3 is 2.54 bits per heavy atom. The van der Waals surface area contributed by atoms with Crippen LogP contribution < -0.4 is 14.8 Å². The topological polar surface area (TPSA) is 84.5 Å². The van der Waals surface area contributed by atoms with E-state index < -0.39 is 15.8 Å². The number of anilines is 1. The van der Waals surface area contributed by atoms with E-state index >= 15 is 0 Å². The van der Waals surface area contributed by atoms with Crippen molar-refractivity contribution < 1.29 is 22.3 Å². The van der Waals surface area contributed by atoms with E-state index in [0.717, 1.165) is 12.1 Å². The van der Waals surface area contributed by atoms with Gasteiger partial charge in [-0.3, -0.25) is 9.52 Å². The molecular weight excluding hydrogens is 383 g/mol. The highest BCUT2D eigenvalue weighted by molar-refractivity contribution is 7.92. The number of carbonyl (C=O) groups excluding carboxylic acids is 1. The van der Waals surface area contributed by atoms with Gasteiger partial charge in [-0.1, -0.05) is 17.7 Å². The molecular formula is C17H16ClFN2O4S. The molecule has 0 radical (unpaired) electrons. The van der Waals surface area contributed by atoms with Crippen molar-refractivity contribution in [2.75, 3.05) is 17.9 Å². The maximum Gasteiger partial charge on any atom is 0.261 e. The fraction of sp³-hybridized carbons (Fsp3) is 0.118. The number of carbonyl (C=O) groups is 1. The van der Waals surface area contributed by atoms with Crippen LogP contribution in [0.15, 0.2) is 60.0 Å². The predicted molar refractivity (Wildman–Crippen MR) is 97.4 cm³/mol. The Hall–Kier alpha value is -2.58. The van der Waals surface area contributed by atoms with E-state index in [2.05, 4.69) is 16.6 Å². The molecule has 26 heavy (non-hydrogen) atoms. The summed E-state index contributed by atoms with van der Waals surface area (Å²) < 4.78 is 45.2. The molecule has 0 unspecified atom stereocenters. The summed E-state index contributed by atoms with van der Waals surface area (Å²) in [6, 6.07) is 8.71. The number of hydrogen-bond donors (Lipinski definition) is 2. The minimum Gasteiger partial charge on any atom is -0.482 e. The molecule has 0 aliphatic carbocycles. The maximum atomic E-state index is 12.9. The maximum absolute atomic E-state index is 12.9. The molecule has 0 saturated carbocycles. The Balaban J connectivity index is 2.08. The highest BCUT2D eigenvalue weighted by Crippen LogP contribution is 2.28. The van der Waals surface area contributed by atoms with Gasteiger partial charge >= 0.3 is 0 Å². The van der Waals surface area contributed by atoms with Crippen LogP contribution in [0.2, 0.25) is 5.02 Å². The third-order valence-corrected chi connectivity index (χ3v) is 4.79. The van der Waals surface area contributed by atoms with Gasteiger partial charge in [0.25, 0.3) is 15.9 Å². The van der Waals surface area contributed by atoms with Crippen molar-refractivity contribution in [1.29, 1.82) is 0 Å². The van der Waals surface area contributed by atoms with Gasteiger partial charge in [0.15, 0.2) is 6.61 Å². The van der Waals surface area contributed by atoms with Gasteiger partial charge in [0.1, 0.15) is 11.6 Å². The van der Waals surface area contributed by atoms with Crippen molar-refractivity contribution in [1.82, 2.24) is 5.32 Å². The average molecular weight is 399 g/mol. The van der Waals surface area contributed by atoms with Crippen LogP contribution in [0.4, 0.5) is 10.1 Å². The number of halogens is 2. The van der Waals surface area contributed by atoms with Crippen molar-refractivity contribution in [2.24, 2.45) is 0 Å². The lowest BCUT2D eigenvalue weighted by atomic mass is 10.3. The van der Waals surface area contributed by atoms with Gasteiger partial charge in [-0.15, -0.1) is 6.58 Å². The number of amides is 1. The van der Waals surface area contributed by atoms with E-state index in [0.29, 0.717) is 6.54 Å². The zero-order valence-corrected chi connectivity index (χ0v) is 15.1. The molecule has 0 fully saturated rings. The third-order valence-electron chi connectivity index (χ3n) is 3.11. The van der Waals surface area contributed by atoms with Gasteiger partial charge in [0.05, 0.1) is 9.92 Å². The quantitative estimate of drug-likeness (QED) is 0.669. The molecule has 0 saturated heterocycles. The smallest absolute Gasteiger partial charge is 0.261 e. The lowest BCUT2D eigenvalue weighted by molar-refractivity contribution is -0.122. The predicted octanol–water partition coefficient (Wildman–Crippen LogP) is 2.96. The first-order chi connectivity index (χ1) is 12.3. The van der Waals surface area contributed by atoms with E-state index in [4.69, 9.17) is 16.3 Å². The molecule has 9 heteroatoms. The first kappa shape index (κ1) is 19.7. The number of sulfonamides is 1. The molecule has 0 aliphatic heterocycles. The van der Waals surface area contributed by atoms with Gasteiger partial charge in [0, 0.05) is 12.2 Å². The molecule has 0 heterocycles. The van der Waals surface area contributed by atoms with Crippen molar-refractivity contribution >= 4 is 33.2 Å². The van der Waals surface area contributed by atoms with Gasteiger partial charge in [-0.05, 0) is 42.5 Å². The summed E-state index contributed by atoms with van der Waals surface area (Å²) in [6.07, 6.45) is 1.53. The van der Waals surface area contributed by atoms with Crippen molar-refractivity contribution in [3.05, 3.63) is 66.0 Å². The first-order valence-corrected chi connectivity index (χ1v) is 9.26. The Bertz CT molecular complexity index is 901. The van der Waals surface area contributed by atoms with E-state index in [1.54, 1.807) is 0 Å². The van der Waals surface area contributed by atoms with E-state index in [-0.39, 0.29) is 33.9 Å². The van der Waals surface area contributed by atoms with Gasteiger partial charge in [-0.2, -0.15) is 0 Å². The summed E-state index contributed by atoms with van der Waals surface area (Å²) >= 11 is 6.03. The molecule has 1 amide bonds. The largest absolute Gasteiger partial charge is 0.482 e.